The van der Waals surface area contributed by atoms with E-state index in [0.29, 0.717) is 6.61 Å². The number of nitrogens with zero attached hydrogens (tertiary/aromatic N) is 3. The van der Waals surface area contributed by atoms with Crippen LogP contribution in [0, 0.1) is 5.92 Å². The number of carbonyl (C=O) groups is 1. The molecule has 0 amide bonds. The second-order valence-electron chi connectivity index (χ2n) is 7.71. The molecule has 1 N–H and O–H groups in total. The number of halogens is 1. The smallest absolute Gasteiger partial charge is 0.309 e. The molecule has 6 nitrogen and oxygen atoms in total. The van der Waals surface area contributed by atoms with E-state index >= 15 is 0 Å². The van der Waals surface area contributed by atoms with Crippen molar-refractivity contribution >= 4 is 35.9 Å². The van der Waals surface area contributed by atoms with Gasteiger partial charge in [-0.3, -0.25) is 9.79 Å². The zero-order valence-corrected chi connectivity index (χ0v) is 20.3. The second kappa shape index (κ2) is 15.3. The van der Waals surface area contributed by atoms with Gasteiger partial charge in [-0.15, -0.1) is 24.0 Å². The molecule has 0 atom stereocenters. The lowest BCUT2D eigenvalue weighted by molar-refractivity contribution is -0.149. The lowest BCUT2D eigenvalue weighted by Gasteiger charge is -2.33. The van der Waals surface area contributed by atoms with Crippen molar-refractivity contribution in [2.45, 2.75) is 65.2 Å². The van der Waals surface area contributed by atoms with E-state index < -0.39 is 0 Å². The highest BCUT2D eigenvalue weighted by Gasteiger charge is 2.27. The number of unbranched alkanes of at least 4 members (excludes halogenated alkanes) is 2. The molecule has 2 fully saturated rings. The number of ether oxygens (including phenoxy) is 1. The summed E-state index contributed by atoms with van der Waals surface area (Å²) in [6.45, 7) is 11.8. The average Bonchev–Trinajstić information content (AvgIpc) is 2.71. The number of nitrogens with one attached hydrogen (secondary N) is 1. The standard InChI is InChI=1S/C21H40N4O2.HI/c1-3-22-21(25-17-11-19(12-18-25)20(26)27-4-2)23-13-7-5-8-14-24-15-9-6-10-16-24;/h19H,3-18H2,1-2H3,(H,22,23);1H. The largest absolute Gasteiger partial charge is 0.466 e. The minimum atomic E-state index is -0.0344. The molecule has 7 heteroatoms. The van der Waals surface area contributed by atoms with Gasteiger partial charge in [0.15, 0.2) is 5.96 Å². The van der Waals surface area contributed by atoms with E-state index in [4.69, 9.17) is 9.73 Å². The van der Waals surface area contributed by atoms with Gasteiger partial charge in [0.1, 0.15) is 0 Å². The van der Waals surface area contributed by atoms with Crippen LogP contribution in [0.4, 0.5) is 0 Å². The Labute approximate surface area is 188 Å². The van der Waals surface area contributed by atoms with Gasteiger partial charge >= 0.3 is 5.97 Å². The molecule has 2 saturated heterocycles. The van der Waals surface area contributed by atoms with Crippen LogP contribution in [-0.4, -0.2) is 74.1 Å². The molecule has 2 aliphatic heterocycles. The van der Waals surface area contributed by atoms with E-state index in [-0.39, 0.29) is 35.9 Å². The van der Waals surface area contributed by atoms with Crippen molar-refractivity contribution in [1.29, 1.82) is 0 Å². The van der Waals surface area contributed by atoms with E-state index in [1.807, 2.05) is 6.92 Å². The monoisotopic (exact) mass is 508 g/mol. The molecule has 0 bridgehead atoms. The second-order valence-corrected chi connectivity index (χ2v) is 7.71. The Kier molecular flexibility index (Phi) is 13.9. The molecule has 164 valence electrons. The number of hydrogen-bond acceptors (Lipinski definition) is 4. The van der Waals surface area contributed by atoms with Gasteiger partial charge in [0.05, 0.1) is 12.5 Å². The van der Waals surface area contributed by atoms with Gasteiger partial charge in [-0.05, 0) is 72.0 Å². The number of rotatable bonds is 9. The van der Waals surface area contributed by atoms with E-state index in [1.54, 1.807) is 0 Å². The number of esters is 1. The Morgan fingerprint density at radius 1 is 1.04 bits per heavy atom. The summed E-state index contributed by atoms with van der Waals surface area (Å²) in [5, 5.41) is 3.42. The van der Waals surface area contributed by atoms with Crippen LogP contribution in [0.2, 0.25) is 0 Å². The third-order valence-electron chi connectivity index (χ3n) is 5.59. The molecule has 0 aliphatic carbocycles. The van der Waals surface area contributed by atoms with Crippen LogP contribution in [0.25, 0.3) is 0 Å². The first kappa shape index (κ1) is 25.5. The summed E-state index contributed by atoms with van der Waals surface area (Å²) in [5.41, 5.74) is 0. The Bertz CT molecular complexity index is 448. The first-order chi connectivity index (χ1) is 13.2. The van der Waals surface area contributed by atoms with Crippen molar-refractivity contribution in [1.82, 2.24) is 15.1 Å². The van der Waals surface area contributed by atoms with Crippen LogP contribution < -0.4 is 5.32 Å². The Morgan fingerprint density at radius 3 is 2.39 bits per heavy atom. The summed E-state index contributed by atoms with van der Waals surface area (Å²) < 4.78 is 5.16. The van der Waals surface area contributed by atoms with E-state index in [9.17, 15) is 4.79 Å². The molecule has 28 heavy (non-hydrogen) atoms. The van der Waals surface area contributed by atoms with E-state index in [2.05, 4.69) is 22.0 Å². The summed E-state index contributed by atoms with van der Waals surface area (Å²) in [7, 11) is 0. The predicted molar refractivity (Wildman–Crippen MR) is 126 cm³/mol. The molecular weight excluding hydrogens is 467 g/mol. The number of likely N-dealkylation sites (tertiary alicyclic amines) is 2. The average molecular weight is 508 g/mol. The molecule has 2 heterocycles. The first-order valence-corrected chi connectivity index (χ1v) is 11.2. The maximum absolute atomic E-state index is 11.9. The van der Waals surface area contributed by atoms with Crippen molar-refractivity contribution in [2.75, 3.05) is 52.4 Å². The molecule has 0 aromatic rings. The molecule has 0 radical (unpaired) electrons. The molecule has 0 saturated carbocycles. The SMILES string of the molecule is CCNC(=NCCCCCN1CCCCC1)N1CCC(C(=O)OCC)CC1.I. The maximum atomic E-state index is 11.9. The third-order valence-corrected chi connectivity index (χ3v) is 5.59. The number of aliphatic imine (C=N–C) groups is 1. The molecule has 0 unspecified atom stereocenters. The highest BCUT2D eigenvalue weighted by molar-refractivity contribution is 14.0. The number of carbonyl (C=O) groups excluding carboxylic acids is 1. The Hall–Kier alpha value is -0.570. The van der Waals surface area contributed by atoms with Crippen LogP contribution >= 0.6 is 24.0 Å². The highest BCUT2D eigenvalue weighted by atomic mass is 127. The quantitative estimate of drug-likeness (QED) is 0.170. The summed E-state index contributed by atoms with van der Waals surface area (Å²) >= 11 is 0. The topological polar surface area (TPSA) is 57.2 Å². The van der Waals surface area contributed by atoms with Crippen molar-refractivity contribution in [3.05, 3.63) is 0 Å². The van der Waals surface area contributed by atoms with Gasteiger partial charge in [-0.25, -0.2) is 0 Å². The van der Waals surface area contributed by atoms with Crippen molar-refractivity contribution in [2.24, 2.45) is 10.9 Å². The minimum absolute atomic E-state index is 0. The zero-order valence-electron chi connectivity index (χ0n) is 18.0. The summed E-state index contributed by atoms with van der Waals surface area (Å²) in [4.78, 5) is 21.6. The number of piperidine rings is 2. The van der Waals surface area contributed by atoms with Crippen LogP contribution in [0.1, 0.15) is 65.2 Å². The Morgan fingerprint density at radius 2 is 1.75 bits per heavy atom. The lowest BCUT2D eigenvalue weighted by atomic mass is 9.97. The minimum Gasteiger partial charge on any atom is -0.466 e. The van der Waals surface area contributed by atoms with Gasteiger partial charge in [-0.1, -0.05) is 12.8 Å². The predicted octanol–water partition coefficient (Wildman–Crippen LogP) is 3.50. The fourth-order valence-corrected chi connectivity index (χ4v) is 4.00. The van der Waals surface area contributed by atoms with E-state index in [0.717, 1.165) is 51.4 Å². The summed E-state index contributed by atoms with van der Waals surface area (Å²) in [6.07, 6.45) is 9.59. The first-order valence-electron chi connectivity index (χ1n) is 11.2. The molecule has 2 rings (SSSR count). The van der Waals surface area contributed by atoms with Gasteiger partial charge in [-0.2, -0.15) is 0 Å². The third kappa shape index (κ3) is 9.29. The van der Waals surface area contributed by atoms with Gasteiger partial charge < -0.3 is 19.9 Å². The van der Waals surface area contributed by atoms with Gasteiger partial charge in [0.2, 0.25) is 0 Å². The molecule has 2 aliphatic rings. The van der Waals surface area contributed by atoms with Crippen LogP contribution in [0.5, 0.6) is 0 Å². The number of hydrogen-bond donors (Lipinski definition) is 1. The van der Waals surface area contributed by atoms with Crippen LogP contribution in [0.15, 0.2) is 4.99 Å². The Balaban J connectivity index is 0.00000392. The van der Waals surface area contributed by atoms with Crippen LogP contribution in [0.3, 0.4) is 0 Å². The fraction of sp³-hybridized carbons (Fsp3) is 0.905. The van der Waals surface area contributed by atoms with Crippen molar-refractivity contribution in [3.63, 3.8) is 0 Å². The van der Waals surface area contributed by atoms with Crippen molar-refractivity contribution < 1.29 is 9.53 Å². The summed E-state index contributed by atoms with van der Waals surface area (Å²) in [5.74, 6) is 1.03. The molecule has 0 aromatic carbocycles. The zero-order chi connectivity index (χ0) is 19.3. The molecule has 0 aromatic heterocycles. The summed E-state index contributed by atoms with van der Waals surface area (Å²) in [6, 6.07) is 0. The fourth-order valence-electron chi connectivity index (χ4n) is 4.00. The van der Waals surface area contributed by atoms with E-state index in [1.165, 1.54) is 51.7 Å². The normalized spacial score (nSPS) is 19.2. The lowest BCUT2D eigenvalue weighted by Crippen LogP contribution is -2.46. The molecular formula is C21H41IN4O2. The molecule has 0 spiro atoms. The highest BCUT2D eigenvalue weighted by Crippen LogP contribution is 2.19. The van der Waals surface area contributed by atoms with Gasteiger partial charge in [0, 0.05) is 26.2 Å². The van der Waals surface area contributed by atoms with Crippen LogP contribution in [-0.2, 0) is 9.53 Å². The van der Waals surface area contributed by atoms with Gasteiger partial charge in [0.25, 0.3) is 0 Å². The maximum Gasteiger partial charge on any atom is 0.309 e. The number of guanidine groups is 1. The van der Waals surface area contributed by atoms with Crippen molar-refractivity contribution in [3.8, 4) is 0 Å².